The van der Waals surface area contributed by atoms with E-state index in [1.807, 2.05) is 19.2 Å². The Morgan fingerprint density at radius 2 is 2.19 bits per heavy atom. The van der Waals surface area contributed by atoms with Gasteiger partial charge in [0.2, 0.25) is 0 Å². The van der Waals surface area contributed by atoms with Crippen LogP contribution in [0.4, 0.5) is 5.69 Å². The summed E-state index contributed by atoms with van der Waals surface area (Å²) in [4.78, 5) is 8.55. The van der Waals surface area contributed by atoms with Crippen molar-refractivity contribution in [1.82, 2.24) is 9.97 Å². The highest BCUT2D eigenvalue weighted by atomic mass is 32.1. The van der Waals surface area contributed by atoms with Gasteiger partial charge in [0.25, 0.3) is 0 Å². The third-order valence-electron chi connectivity index (χ3n) is 2.40. The highest BCUT2D eigenvalue weighted by molar-refractivity contribution is 7.09. The van der Waals surface area contributed by atoms with Gasteiger partial charge in [-0.25, -0.2) is 4.98 Å². The summed E-state index contributed by atoms with van der Waals surface area (Å²) < 4.78 is 0. The number of aromatic nitrogens is 2. The molecule has 0 spiro atoms. The zero-order valence-electron chi connectivity index (χ0n) is 9.69. The Balaban J connectivity index is 2.13. The number of hydrogen-bond acceptors (Lipinski definition) is 4. The Labute approximate surface area is 99.6 Å². The van der Waals surface area contributed by atoms with Gasteiger partial charge < -0.3 is 5.32 Å². The second-order valence-electron chi connectivity index (χ2n) is 3.88. The molecular formula is C12H15N3S. The molecule has 2 aromatic heterocycles. The van der Waals surface area contributed by atoms with Crippen molar-refractivity contribution < 1.29 is 0 Å². The van der Waals surface area contributed by atoms with E-state index in [2.05, 4.69) is 34.5 Å². The summed E-state index contributed by atoms with van der Waals surface area (Å²) >= 11 is 1.69. The van der Waals surface area contributed by atoms with Gasteiger partial charge in [0.15, 0.2) is 0 Å². The van der Waals surface area contributed by atoms with Gasteiger partial charge in [0, 0.05) is 29.2 Å². The molecule has 0 aromatic carbocycles. The predicted molar refractivity (Wildman–Crippen MR) is 67.9 cm³/mol. The Hall–Kier alpha value is -1.42. The van der Waals surface area contributed by atoms with Crippen LogP contribution in [0.1, 0.15) is 29.2 Å². The van der Waals surface area contributed by atoms with Crippen LogP contribution in [-0.4, -0.2) is 9.97 Å². The van der Waals surface area contributed by atoms with Crippen LogP contribution in [0, 0.1) is 13.8 Å². The molecule has 2 aromatic rings. The Kier molecular flexibility index (Phi) is 3.19. The predicted octanol–water partition coefficient (Wildman–Crippen LogP) is 3.33. The van der Waals surface area contributed by atoms with Gasteiger partial charge in [-0.2, -0.15) is 0 Å². The summed E-state index contributed by atoms with van der Waals surface area (Å²) in [5.41, 5.74) is 3.36. The second kappa shape index (κ2) is 4.61. The lowest BCUT2D eigenvalue weighted by Crippen LogP contribution is -2.07. The van der Waals surface area contributed by atoms with E-state index >= 15 is 0 Å². The van der Waals surface area contributed by atoms with E-state index in [1.54, 1.807) is 17.5 Å². The maximum atomic E-state index is 4.48. The van der Waals surface area contributed by atoms with Gasteiger partial charge in [0.1, 0.15) is 5.01 Å². The van der Waals surface area contributed by atoms with Crippen LogP contribution < -0.4 is 5.32 Å². The third-order valence-corrected chi connectivity index (χ3v) is 3.54. The van der Waals surface area contributed by atoms with Crippen molar-refractivity contribution in [1.29, 1.82) is 0 Å². The normalized spacial score (nSPS) is 12.4. The number of nitrogens with zero attached hydrogens (tertiary/aromatic N) is 2. The van der Waals surface area contributed by atoms with E-state index < -0.39 is 0 Å². The molecule has 0 bridgehead atoms. The second-order valence-corrected chi connectivity index (χ2v) is 4.77. The van der Waals surface area contributed by atoms with Crippen molar-refractivity contribution in [2.45, 2.75) is 26.8 Å². The topological polar surface area (TPSA) is 37.8 Å². The molecule has 3 nitrogen and oxygen atoms in total. The van der Waals surface area contributed by atoms with Crippen molar-refractivity contribution in [3.05, 3.63) is 40.1 Å². The average Bonchev–Trinajstić information content (AvgIpc) is 2.68. The van der Waals surface area contributed by atoms with E-state index in [1.165, 1.54) is 0 Å². The molecule has 1 atom stereocenters. The summed E-state index contributed by atoms with van der Waals surface area (Å²) in [6, 6.07) is 2.23. The molecule has 16 heavy (non-hydrogen) atoms. The molecule has 0 radical (unpaired) electrons. The minimum Gasteiger partial charge on any atom is -0.376 e. The molecule has 0 fully saturated rings. The number of anilines is 1. The van der Waals surface area contributed by atoms with Crippen LogP contribution >= 0.6 is 11.3 Å². The standard InChI is InChI=1S/C12H15N3S/c1-8-6-13-5-4-11(8)15-10(3)12-14-9(2)7-16-12/h4-7,10H,1-3H3,(H,13,15). The third kappa shape index (κ3) is 2.39. The van der Waals surface area contributed by atoms with Crippen molar-refractivity contribution in [2.75, 3.05) is 5.32 Å². The molecule has 0 saturated carbocycles. The first-order valence-corrected chi connectivity index (χ1v) is 6.14. The zero-order chi connectivity index (χ0) is 11.5. The van der Waals surface area contributed by atoms with E-state index in [0.29, 0.717) is 0 Å². The van der Waals surface area contributed by atoms with Crippen LogP contribution in [0.5, 0.6) is 0 Å². The molecular weight excluding hydrogens is 218 g/mol. The van der Waals surface area contributed by atoms with Crippen LogP contribution in [0.25, 0.3) is 0 Å². The van der Waals surface area contributed by atoms with Crippen molar-refractivity contribution in [2.24, 2.45) is 0 Å². The smallest absolute Gasteiger partial charge is 0.115 e. The first kappa shape index (κ1) is 11.1. The summed E-state index contributed by atoms with van der Waals surface area (Å²) in [5.74, 6) is 0. The fourth-order valence-electron chi connectivity index (χ4n) is 1.50. The molecule has 2 heterocycles. The summed E-state index contributed by atoms with van der Waals surface area (Å²) in [5, 5.41) is 6.64. The van der Waals surface area contributed by atoms with Crippen molar-refractivity contribution in [3.63, 3.8) is 0 Å². The number of aryl methyl sites for hydroxylation is 2. The Morgan fingerprint density at radius 3 is 2.81 bits per heavy atom. The van der Waals surface area contributed by atoms with Gasteiger partial charge in [-0.15, -0.1) is 11.3 Å². The van der Waals surface area contributed by atoms with Gasteiger partial charge in [0.05, 0.1) is 6.04 Å². The van der Waals surface area contributed by atoms with Crippen molar-refractivity contribution in [3.8, 4) is 0 Å². The van der Waals surface area contributed by atoms with E-state index in [0.717, 1.165) is 22.0 Å². The lowest BCUT2D eigenvalue weighted by molar-refractivity contribution is 0.861. The molecule has 0 aliphatic heterocycles. The largest absolute Gasteiger partial charge is 0.376 e. The molecule has 0 aliphatic rings. The summed E-state index contributed by atoms with van der Waals surface area (Å²) in [6.45, 7) is 6.19. The van der Waals surface area contributed by atoms with Crippen LogP contribution in [-0.2, 0) is 0 Å². The minimum absolute atomic E-state index is 0.236. The van der Waals surface area contributed by atoms with Gasteiger partial charge in [-0.1, -0.05) is 0 Å². The van der Waals surface area contributed by atoms with Gasteiger partial charge in [-0.05, 0) is 32.4 Å². The summed E-state index contributed by atoms with van der Waals surface area (Å²) in [7, 11) is 0. The SMILES string of the molecule is Cc1csc(C(C)Nc2ccncc2C)n1. The zero-order valence-corrected chi connectivity index (χ0v) is 10.5. The number of nitrogens with one attached hydrogen (secondary N) is 1. The van der Waals surface area contributed by atoms with E-state index in [-0.39, 0.29) is 6.04 Å². The summed E-state index contributed by atoms with van der Waals surface area (Å²) in [6.07, 6.45) is 3.66. The highest BCUT2D eigenvalue weighted by Crippen LogP contribution is 2.23. The number of pyridine rings is 1. The quantitative estimate of drug-likeness (QED) is 0.883. The molecule has 0 saturated heterocycles. The van der Waals surface area contributed by atoms with Crippen molar-refractivity contribution >= 4 is 17.0 Å². The number of rotatable bonds is 3. The van der Waals surface area contributed by atoms with Gasteiger partial charge >= 0.3 is 0 Å². The fourth-order valence-corrected chi connectivity index (χ4v) is 2.31. The Morgan fingerprint density at radius 1 is 1.38 bits per heavy atom. The maximum Gasteiger partial charge on any atom is 0.115 e. The van der Waals surface area contributed by atoms with E-state index in [9.17, 15) is 0 Å². The first-order valence-electron chi connectivity index (χ1n) is 5.26. The minimum atomic E-state index is 0.236. The molecule has 2 rings (SSSR count). The number of thiazole rings is 1. The number of hydrogen-bond donors (Lipinski definition) is 1. The molecule has 4 heteroatoms. The van der Waals surface area contributed by atoms with Crippen LogP contribution in [0.15, 0.2) is 23.8 Å². The molecule has 0 aliphatic carbocycles. The lowest BCUT2D eigenvalue weighted by atomic mass is 10.2. The van der Waals surface area contributed by atoms with Crippen LogP contribution in [0.3, 0.4) is 0 Å². The first-order chi connectivity index (χ1) is 7.66. The monoisotopic (exact) mass is 233 g/mol. The Bertz CT molecular complexity index is 479. The molecule has 1 N–H and O–H groups in total. The lowest BCUT2D eigenvalue weighted by Gasteiger charge is -2.14. The highest BCUT2D eigenvalue weighted by Gasteiger charge is 2.09. The average molecular weight is 233 g/mol. The van der Waals surface area contributed by atoms with Crippen LogP contribution in [0.2, 0.25) is 0 Å². The fraction of sp³-hybridized carbons (Fsp3) is 0.333. The molecule has 1 unspecified atom stereocenters. The van der Waals surface area contributed by atoms with E-state index in [4.69, 9.17) is 0 Å². The maximum absolute atomic E-state index is 4.48. The van der Waals surface area contributed by atoms with Gasteiger partial charge in [-0.3, -0.25) is 4.98 Å². The molecule has 0 amide bonds. The molecule has 84 valence electrons.